The molecule has 0 aromatic rings. The summed E-state index contributed by atoms with van der Waals surface area (Å²) in [6, 6.07) is 0.817. The lowest BCUT2D eigenvalue weighted by Crippen LogP contribution is -2.61. The van der Waals surface area contributed by atoms with Gasteiger partial charge in [-0.3, -0.25) is 14.5 Å². The van der Waals surface area contributed by atoms with Crippen molar-refractivity contribution < 1.29 is 23.5 Å². The summed E-state index contributed by atoms with van der Waals surface area (Å²) >= 11 is 0. The molecule has 0 radical (unpaired) electrons. The lowest BCUT2D eigenvalue weighted by molar-refractivity contribution is -0.952. The summed E-state index contributed by atoms with van der Waals surface area (Å²) in [5.74, 6) is 4.04. The predicted octanol–water partition coefficient (Wildman–Crippen LogP) is 6.13. The summed E-state index contributed by atoms with van der Waals surface area (Å²) in [6.45, 7) is 13.5. The zero-order valence-electron chi connectivity index (χ0n) is 26.0. The molecule has 6 rings (SSSR count). The predicted molar refractivity (Wildman–Crippen MR) is 161 cm³/mol. The number of fused-ring (bicyclic) bond motifs is 5. The second kappa shape index (κ2) is 12.7. The third-order valence-corrected chi connectivity index (χ3v) is 12.9. The number of likely N-dealkylation sites (tertiary alicyclic amines) is 2. The third kappa shape index (κ3) is 5.78. The van der Waals surface area contributed by atoms with Crippen molar-refractivity contribution in [2.75, 3.05) is 32.7 Å². The number of nitrogens with zero attached hydrogens (tertiary/aromatic N) is 2. The van der Waals surface area contributed by atoms with Crippen LogP contribution < -0.4 is 0 Å². The fourth-order valence-electron chi connectivity index (χ4n) is 11.3. The van der Waals surface area contributed by atoms with Gasteiger partial charge in [0.25, 0.3) is 0 Å². The van der Waals surface area contributed by atoms with E-state index in [-0.39, 0.29) is 24.1 Å². The van der Waals surface area contributed by atoms with Crippen LogP contribution in [0.3, 0.4) is 0 Å². The molecule has 2 saturated heterocycles. The van der Waals surface area contributed by atoms with Crippen LogP contribution in [0.25, 0.3) is 0 Å². The number of carbonyl (C=O) groups excluding carboxylic acids is 2. The average Bonchev–Trinajstić information content (AvgIpc) is 3.36. The molecule has 230 valence electrons. The Morgan fingerprint density at radius 1 is 0.829 bits per heavy atom. The molecule has 3 unspecified atom stereocenters. The van der Waals surface area contributed by atoms with E-state index in [4.69, 9.17) is 9.47 Å². The van der Waals surface area contributed by atoms with Crippen molar-refractivity contribution in [1.82, 2.24) is 4.90 Å². The number of esters is 2. The Morgan fingerprint density at radius 2 is 1.51 bits per heavy atom. The number of hydrogen-bond acceptors (Lipinski definition) is 5. The molecule has 0 spiro atoms. The van der Waals surface area contributed by atoms with Crippen LogP contribution in [0.4, 0.5) is 0 Å². The van der Waals surface area contributed by atoms with E-state index in [0.29, 0.717) is 36.3 Å². The monoisotopic (exact) mass is 569 g/mol. The summed E-state index contributed by atoms with van der Waals surface area (Å²) in [5.41, 5.74) is 0. The van der Waals surface area contributed by atoms with E-state index in [9.17, 15) is 9.59 Å². The molecule has 6 fully saturated rings. The molecule has 4 saturated carbocycles. The minimum Gasteiger partial charge on any atom is -0.461 e. The smallest absolute Gasteiger partial charge is 0.306 e. The summed E-state index contributed by atoms with van der Waals surface area (Å²) < 4.78 is 13.6. The topological polar surface area (TPSA) is 55.8 Å². The van der Waals surface area contributed by atoms with Crippen molar-refractivity contribution in [3.05, 3.63) is 12.7 Å². The Bertz CT molecular complexity index is 940. The number of carbonyl (C=O) groups is 2. The molecule has 6 nitrogen and oxygen atoms in total. The summed E-state index contributed by atoms with van der Waals surface area (Å²) in [7, 11) is 0. The molecule has 6 heteroatoms. The van der Waals surface area contributed by atoms with E-state index in [1.165, 1.54) is 90.1 Å². The summed E-state index contributed by atoms with van der Waals surface area (Å²) in [4.78, 5) is 27.6. The van der Waals surface area contributed by atoms with Crippen LogP contribution in [0.15, 0.2) is 12.7 Å². The molecule has 0 N–H and O–H groups in total. The van der Waals surface area contributed by atoms with Crippen LogP contribution in [-0.2, 0) is 19.1 Å². The number of quaternary nitrogens is 1. The molecule has 41 heavy (non-hydrogen) atoms. The Morgan fingerprint density at radius 3 is 2.22 bits per heavy atom. The fourth-order valence-corrected chi connectivity index (χ4v) is 11.3. The van der Waals surface area contributed by atoms with E-state index in [1.807, 2.05) is 6.92 Å². The van der Waals surface area contributed by atoms with Gasteiger partial charge in [-0.15, -0.1) is 0 Å². The van der Waals surface area contributed by atoms with Crippen molar-refractivity contribution in [2.45, 2.75) is 128 Å². The van der Waals surface area contributed by atoms with Gasteiger partial charge in [-0.2, -0.15) is 0 Å². The molecule has 0 bridgehead atoms. The molecular formula is C35H57N2O4+. The number of ether oxygens (including phenoxy) is 2. The maximum absolute atomic E-state index is 12.8. The maximum atomic E-state index is 12.8. The van der Waals surface area contributed by atoms with E-state index in [0.717, 1.165) is 48.3 Å². The van der Waals surface area contributed by atoms with E-state index in [1.54, 1.807) is 6.92 Å². The van der Waals surface area contributed by atoms with Crippen LogP contribution in [0.5, 0.6) is 0 Å². The van der Waals surface area contributed by atoms with Crippen LogP contribution in [-0.4, -0.2) is 78.3 Å². The molecule has 4 aliphatic carbocycles. The quantitative estimate of drug-likeness (QED) is 0.210. The van der Waals surface area contributed by atoms with Crippen LogP contribution >= 0.6 is 0 Å². The number of hydrogen-bond donors (Lipinski definition) is 0. The van der Waals surface area contributed by atoms with Crippen molar-refractivity contribution in [3.8, 4) is 0 Å². The Labute approximate surface area is 249 Å². The highest BCUT2D eigenvalue weighted by atomic mass is 16.5. The Hall–Kier alpha value is -1.40. The first kappa shape index (κ1) is 29.7. The second-order valence-electron chi connectivity index (χ2n) is 14.8. The Kier molecular flexibility index (Phi) is 9.17. The van der Waals surface area contributed by atoms with Gasteiger partial charge >= 0.3 is 11.9 Å². The van der Waals surface area contributed by atoms with Gasteiger partial charge in [-0.25, -0.2) is 0 Å². The van der Waals surface area contributed by atoms with Gasteiger partial charge in [0.1, 0.15) is 12.1 Å². The standard InChI is InChI=1S/C35H57N2O4/c1-4-18-37(19-10-7-11-20-37)32-23-30-27-13-12-25-21-33(40-24(3)38)31(36-16-8-6-9-17-36)22-29(25)26(27)14-15-28(30)35(32)41-34(39)5-2/h4,25-33,35H,1,5-23H2,2-3H3/q+1/t25-,26-,27?,28?,29?,30-,31-,32-,33-,35+/m0/s1. The van der Waals surface area contributed by atoms with Gasteiger partial charge in [0.2, 0.25) is 0 Å². The van der Waals surface area contributed by atoms with Crippen LogP contribution in [0.1, 0.15) is 104 Å². The normalized spacial score (nSPS) is 42.3. The first-order valence-corrected chi connectivity index (χ1v) is 17.5. The van der Waals surface area contributed by atoms with Crippen LogP contribution in [0.2, 0.25) is 0 Å². The van der Waals surface area contributed by atoms with E-state index in [2.05, 4.69) is 17.6 Å². The van der Waals surface area contributed by atoms with E-state index >= 15 is 0 Å². The minimum atomic E-state index is -0.108. The SMILES string of the molecule is C=CC[N+]1([C@H]2C[C@H]3C4CC[C@H]5C[C@H](OC(C)=O)[C@@H](N6CCCCC6)CC5[C@H]4CCC3[C@H]2OC(=O)CC)CCCCC1. The highest BCUT2D eigenvalue weighted by Crippen LogP contribution is 2.60. The first-order chi connectivity index (χ1) is 19.9. The number of piperidine rings is 2. The highest BCUT2D eigenvalue weighted by Gasteiger charge is 2.61. The largest absolute Gasteiger partial charge is 0.461 e. The minimum absolute atomic E-state index is 0.00610. The lowest BCUT2D eigenvalue weighted by atomic mass is 9.53. The van der Waals surface area contributed by atoms with Crippen molar-refractivity contribution in [1.29, 1.82) is 0 Å². The number of rotatable bonds is 7. The molecular weight excluding hydrogens is 512 g/mol. The molecule has 10 atom stereocenters. The van der Waals surface area contributed by atoms with Gasteiger partial charge in [0.05, 0.1) is 19.6 Å². The zero-order chi connectivity index (χ0) is 28.6. The molecule has 0 aromatic heterocycles. The zero-order valence-corrected chi connectivity index (χ0v) is 26.0. The molecule has 6 aliphatic rings. The second-order valence-corrected chi connectivity index (χ2v) is 14.8. The van der Waals surface area contributed by atoms with Gasteiger partial charge in [-0.1, -0.05) is 19.9 Å². The van der Waals surface area contributed by atoms with Crippen molar-refractivity contribution >= 4 is 11.9 Å². The van der Waals surface area contributed by atoms with Gasteiger partial charge in [0, 0.05) is 31.7 Å². The highest BCUT2D eigenvalue weighted by molar-refractivity contribution is 5.69. The van der Waals surface area contributed by atoms with E-state index < -0.39 is 0 Å². The first-order valence-electron chi connectivity index (χ1n) is 17.5. The Balaban J connectivity index is 1.25. The molecule has 2 heterocycles. The van der Waals surface area contributed by atoms with Gasteiger partial charge in [-0.05, 0) is 119 Å². The van der Waals surface area contributed by atoms with Crippen LogP contribution in [0, 0.1) is 35.5 Å². The van der Waals surface area contributed by atoms with Gasteiger partial charge < -0.3 is 14.0 Å². The third-order valence-electron chi connectivity index (χ3n) is 12.9. The maximum Gasteiger partial charge on any atom is 0.306 e. The lowest BCUT2D eigenvalue weighted by Gasteiger charge is -2.55. The summed E-state index contributed by atoms with van der Waals surface area (Å²) in [6.07, 6.45) is 19.1. The average molecular weight is 570 g/mol. The molecule has 0 amide bonds. The van der Waals surface area contributed by atoms with Crippen molar-refractivity contribution in [2.24, 2.45) is 35.5 Å². The van der Waals surface area contributed by atoms with Crippen molar-refractivity contribution in [3.63, 3.8) is 0 Å². The molecule has 2 aliphatic heterocycles. The summed E-state index contributed by atoms with van der Waals surface area (Å²) in [5, 5.41) is 0. The molecule has 0 aromatic carbocycles. The fraction of sp³-hybridized carbons (Fsp3) is 0.886. The van der Waals surface area contributed by atoms with Gasteiger partial charge in [0.15, 0.2) is 6.10 Å².